The molecule has 4 rings (SSSR count). The molecule has 7 nitrogen and oxygen atoms in total. The Bertz CT molecular complexity index is 619. The summed E-state index contributed by atoms with van der Waals surface area (Å²) in [5.74, 6) is 0.224. The number of hydrogen-bond donors (Lipinski definition) is 0. The number of ketones is 1. The molecule has 1 aliphatic carbocycles. The number of morpholine rings is 1. The molecule has 1 saturated carbocycles. The van der Waals surface area contributed by atoms with Crippen LogP contribution in [0.3, 0.4) is 0 Å². The number of Topliss-reactive ketones (excluding diaryl/α,β-unsaturated/α-hetero) is 1. The lowest BCUT2D eigenvalue weighted by Crippen LogP contribution is -2.54. The van der Waals surface area contributed by atoms with Crippen LogP contribution in [0.1, 0.15) is 57.8 Å². The summed E-state index contributed by atoms with van der Waals surface area (Å²) in [7, 11) is 0. The predicted octanol–water partition coefficient (Wildman–Crippen LogP) is 1.89. The van der Waals surface area contributed by atoms with Gasteiger partial charge in [-0.15, -0.1) is 0 Å². The summed E-state index contributed by atoms with van der Waals surface area (Å²) in [5.41, 5.74) is 0. The first-order valence-electron chi connectivity index (χ1n) is 11.4. The molecule has 3 saturated heterocycles. The fraction of sp³-hybridized carbons (Fsp3) is 0.864. The van der Waals surface area contributed by atoms with Crippen LogP contribution in [-0.4, -0.2) is 79.0 Å². The standard InChI is InChI=1S/C22H34N2O5.H2S/c25-18-15-29-19-7-4-8-24(21(18)19)22(27)17(13-16-5-2-1-3-6-16)14-20(26)23-9-11-28-12-10-23;/h16-17,19,21H,1-15H2;1H2/t17-,19-,21-;/m1./s1. The molecule has 0 aromatic carbocycles. The second-order valence-corrected chi connectivity index (χ2v) is 9.07. The topological polar surface area (TPSA) is 76.2 Å². The van der Waals surface area contributed by atoms with E-state index in [4.69, 9.17) is 9.47 Å². The van der Waals surface area contributed by atoms with Crippen molar-refractivity contribution in [2.45, 2.75) is 69.9 Å². The molecule has 0 radical (unpaired) electrons. The second-order valence-electron chi connectivity index (χ2n) is 9.07. The minimum absolute atomic E-state index is 0. The maximum atomic E-state index is 13.6. The monoisotopic (exact) mass is 440 g/mol. The Morgan fingerprint density at radius 2 is 1.73 bits per heavy atom. The number of hydrogen-bond acceptors (Lipinski definition) is 5. The summed E-state index contributed by atoms with van der Waals surface area (Å²) >= 11 is 0. The Kier molecular flexibility index (Phi) is 8.60. The van der Waals surface area contributed by atoms with E-state index >= 15 is 0 Å². The molecule has 0 aromatic heterocycles. The zero-order chi connectivity index (χ0) is 20.2. The SMILES string of the molecule is O=C1CO[C@@H]2CCCN(C(=O)[C@@H](CC(=O)N3CCOCC3)CC3CCCCC3)[C@H]12.S. The molecule has 2 amide bonds. The van der Waals surface area contributed by atoms with Crippen molar-refractivity contribution in [2.75, 3.05) is 39.5 Å². The highest BCUT2D eigenvalue weighted by Gasteiger charge is 2.46. The van der Waals surface area contributed by atoms with Crippen molar-refractivity contribution in [3.05, 3.63) is 0 Å². The molecule has 4 fully saturated rings. The minimum atomic E-state index is -0.441. The lowest BCUT2D eigenvalue weighted by Gasteiger charge is -2.38. The lowest BCUT2D eigenvalue weighted by atomic mass is 9.80. The Hall–Kier alpha value is -1.12. The van der Waals surface area contributed by atoms with Gasteiger partial charge in [-0.05, 0) is 25.2 Å². The molecule has 3 aliphatic heterocycles. The summed E-state index contributed by atoms with van der Waals surface area (Å²) in [6, 6.07) is -0.441. The van der Waals surface area contributed by atoms with Gasteiger partial charge in [0.1, 0.15) is 12.6 Å². The Morgan fingerprint density at radius 1 is 1.00 bits per heavy atom. The van der Waals surface area contributed by atoms with Crippen LogP contribution in [0.4, 0.5) is 0 Å². The maximum absolute atomic E-state index is 13.6. The molecule has 0 N–H and O–H groups in total. The van der Waals surface area contributed by atoms with Crippen molar-refractivity contribution in [3.63, 3.8) is 0 Å². The van der Waals surface area contributed by atoms with E-state index in [1.165, 1.54) is 19.3 Å². The van der Waals surface area contributed by atoms with E-state index < -0.39 is 6.04 Å². The number of ether oxygens (including phenoxy) is 2. The number of carbonyl (C=O) groups excluding carboxylic acids is 3. The van der Waals surface area contributed by atoms with Crippen LogP contribution in [0.15, 0.2) is 0 Å². The third-order valence-corrected chi connectivity index (χ3v) is 7.10. The van der Waals surface area contributed by atoms with Gasteiger partial charge < -0.3 is 19.3 Å². The number of amides is 2. The molecule has 0 aromatic rings. The summed E-state index contributed by atoms with van der Waals surface area (Å²) in [4.78, 5) is 42.5. The van der Waals surface area contributed by atoms with E-state index in [1.807, 2.05) is 4.90 Å². The molecule has 170 valence electrons. The molecule has 0 spiro atoms. The quantitative estimate of drug-likeness (QED) is 0.653. The largest absolute Gasteiger partial charge is 0.378 e. The van der Waals surface area contributed by atoms with Crippen LogP contribution in [0.2, 0.25) is 0 Å². The molecule has 0 unspecified atom stereocenters. The maximum Gasteiger partial charge on any atom is 0.226 e. The van der Waals surface area contributed by atoms with Gasteiger partial charge in [-0.1, -0.05) is 32.1 Å². The molecule has 0 bridgehead atoms. The third-order valence-electron chi connectivity index (χ3n) is 7.10. The number of likely N-dealkylation sites (tertiary alicyclic amines) is 1. The van der Waals surface area contributed by atoms with Crippen molar-refractivity contribution in [2.24, 2.45) is 11.8 Å². The van der Waals surface area contributed by atoms with Gasteiger partial charge in [0, 0.05) is 32.0 Å². The van der Waals surface area contributed by atoms with E-state index in [2.05, 4.69) is 0 Å². The van der Waals surface area contributed by atoms with E-state index in [-0.39, 0.29) is 56.1 Å². The number of fused-ring (bicyclic) bond motifs is 1. The van der Waals surface area contributed by atoms with Crippen molar-refractivity contribution < 1.29 is 23.9 Å². The highest BCUT2D eigenvalue weighted by molar-refractivity contribution is 7.59. The van der Waals surface area contributed by atoms with Crippen LogP contribution in [0.25, 0.3) is 0 Å². The first-order chi connectivity index (χ1) is 14.1. The fourth-order valence-electron chi connectivity index (χ4n) is 5.52. The van der Waals surface area contributed by atoms with Crippen molar-refractivity contribution in [1.82, 2.24) is 9.80 Å². The number of nitrogens with zero attached hydrogens (tertiary/aromatic N) is 2. The van der Waals surface area contributed by atoms with Crippen molar-refractivity contribution in [3.8, 4) is 0 Å². The summed E-state index contributed by atoms with van der Waals surface area (Å²) in [5, 5.41) is 0. The third kappa shape index (κ3) is 5.37. The number of rotatable bonds is 5. The lowest BCUT2D eigenvalue weighted by molar-refractivity contribution is -0.149. The fourth-order valence-corrected chi connectivity index (χ4v) is 5.52. The first kappa shape index (κ1) is 23.5. The molecular formula is C22H36N2O5S. The minimum Gasteiger partial charge on any atom is -0.378 e. The van der Waals surface area contributed by atoms with Gasteiger partial charge in [-0.3, -0.25) is 14.4 Å². The van der Waals surface area contributed by atoms with Gasteiger partial charge in [0.2, 0.25) is 11.8 Å². The van der Waals surface area contributed by atoms with Crippen LogP contribution < -0.4 is 0 Å². The Labute approximate surface area is 186 Å². The highest BCUT2D eigenvalue weighted by atomic mass is 32.1. The summed E-state index contributed by atoms with van der Waals surface area (Å²) in [6.45, 7) is 3.04. The second kappa shape index (κ2) is 11.0. The van der Waals surface area contributed by atoms with Gasteiger partial charge >= 0.3 is 0 Å². The molecule has 3 heterocycles. The van der Waals surface area contributed by atoms with Crippen molar-refractivity contribution in [1.29, 1.82) is 0 Å². The van der Waals surface area contributed by atoms with Gasteiger partial charge in [-0.2, -0.15) is 13.5 Å². The molecule has 30 heavy (non-hydrogen) atoms. The van der Waals surface area contributed by atoms with Crippen LogP contribution in [0, 0.1) is 11.8 Å². The van der Waals surface area contributed by atoms with Gasteiger partial charge in [0.15, 0.2) is 5.78 Å². The zero-order valence-corrected chi connectivity index (χ0v) is 18.9. The molecular weight excluding hydrogens is 404 g/mol. The van der Waals surface area contributed by atoms with E-state index in [1.54, 1.807) is 4.90 Å². The molecule has 8 heteroatoms. The normalized spacial score (nSPS) is 28.6. The van der Waals surface area contributed by atoms with Crippen molar-refractivity contribution >= 4 is 31.1 Å². The average Bonchev–Trinajstić information content (AvgIpc) is 3.15. The number of piperidine rings is 1. The van der Waals surface area contributed by atoms with Gasteiger partial charge in [0.25, 0.3) is 0 Å². The smallest absolute Gasteiger partial charge is 0.226 e. The zero-order valence-electron chi connectivity index (χ0n) is 17.9. The van der Waals surface area contributed by atoms with E-state index in [0.29, 0.717) is 38.8 Å². The number of carbonyl (C=O) groups is 3. The van der Waals surface area contributed by atoms with Gasteiger partial charge in [0.05, 0.1) is 19.3 Å². The predicted molar refractivity (Wildman–Crippen MR) is 117 cm³/mol. The Morgan fingerprint density at radius 3 is 2.47 bits per heavy atom. The van der Waals surface area contributed by atoms with Crippen LogP contribution >= 0.6 is 13.5 Å². The summed E-state index contributed by atoms with van der Waals surface area (Å²) in [6.07, 6.45) is 8.51. The first-order valence-corrected chi connectivity index (χ1v) is 11.4. The van der Waals surface area contributed by atoms with Gasteiger partial charge in [-0.25, -0.2) is 0 Å². The Balaban J connectivity index is 0.00000256. The summed E-state index contributed by atoms with van der Waals surface area (Å²) < 4.78 is 11.0. The van der Waals surface area contributed by atoms with Crippen LogP contribution in [-0.2, 0) is 23.9 Å². The molecule has 4 aliphatic rings. The molecule has 3 atom stereocenters. The average molecular weight is 441 g/mol. The van der Waals surface area contributed by atoms with E-state index in [0.717, 1.165) is 32.1 Å². The van der Waals surface area contributed by atoms with Crippen LogP contribution in [0.5, 0.6) is 0 Å². The van der Waals surface area contributed by atoms with E-state index in [9.17, 15) is 14.4 Å². The highest BCUT2D eigenvalue weighted by Crippen LogP contribution is 2.34.